The van der Waals surface area contributed by atoms with E-state index >= 15 is 0 Å². The Labute approximate surface area is 140 Å². The molecule has 0 aliphatic heterocycles. The van der Waals surface area contributed by atoms with Crippen molar-refractivity contribution in [2.45, 2.75) is 65.2 Å². The van der Waals surface area contributed by atoms with E-state index in [9.17, 15) is 9.59 Å². The molecule has 4 nitrogen and oxygen atoms in total. The lowest BCUT2D eigenvalue weighted by atomic mass is 9.49. The standard InChI is InChI=1S/C19H32N2O2/c1-13(2)3-4-20-18(23)12-21-17(22)11-19-8-14-5-15(9-19)7-16(6-14)10-19/h13-16H,3-12H2,1-2H3,(H,20,23)(H,21,22). The van der Waals surface area contributed by atoms with Gasteiger partial charge < -0.3 is 10.6 Å². The molecule has 0 aromatic rings. The quantitative estimate of drug-likeness (QED) is 0.758. The molecule has 4 saturated carbocycles. The van der Waals surface area contributed by atoms with E-state index < -0.39 is 0 Å². The summed E-state index contributed by atoms with van der Waals surface area (Å²) in [6.07, 6.45) is 9.55. The van der Waals surface area contributed by atoms with Crippen molar-refractivity contribution in [1.82, 2.24) is 10.6 Å². The third-order valence-corrected chi connectivity index (χ3v) is 6.19. The van der Waals surface area contributed by atoms with Gasteiger partial charge in [-0.05, 0) is 74.0 Å². The van der Waals surface area contributed by atoms with Gasteiger partial charge in [0.25, 0.3) is 0 Å². The Bertz CT molecular complexity index is 423. The van der Waals surface area contributed by atoms with Crippen LogP contribution in [-0.4, -0.2) is 24.9 Å². The highest BCUT2D eigenvalue weighted by molar-refractivity contribution is 5.84. The summed E-state index contributed by atoms with van der Waals surface area (Å²) < 4.78 is 0. The van der Waals surface area contributed by atoms with Crippen molar-refractivity contribution >= 4 is 11.8 Å². The number of rotatable bonds is 7. The Kier molecular flexibility index (Phi) is 4.98. The van der Waals surface area contributed by atoms with Crippen LogP contribution in [0.1, 0.15) is 65.2 Å². The topological polar surface area (TPSA) is 58.2 Å². The number of hydrogen-bond donors (Lipinski definition) is 2. The minimum Gasteiger partial charge on any atom is -0.355 e. The van der Waals surface area contributed by atoms with Crippen LogP contribution >= 0.6 is 0 Å². The summed E-state index contributed by atoms with van der Waals surface area (Å²) in [7, 11) is 0. The summed E-state index contributed by atoms with van der Waals surface area (Å²) in [4.78, 5) is 24.1. The second kappa shape index (κ2) is 6.82. The van der Waals surface area contributed by atoms with Gasteiger partial charge in [-0.1, -0.05) is 13.8 Å². The maximum atomic E-state index is 12.3. The van der Waals surface area contributed by atoms with Gasteiger partial charge in [-0.25, -0.2) is 0 Å². The van der Waals surface area contributed by atoms with E-state index in [2.05, 4.69) is 24.5 Å². The second-order valence-corrected chi connectivity index (χ2v) is 8.90. The van der Waals surface area contributed by atoms with E-state index in [1.807, 2.05) is 0 Å². The van der Waals surface area contributed by atoms with Crippen molar-refractivity contribution in [2.24, 2.45) is 29.1 Å². The molecule has 0 spiro atoms. The largest absolute Gasteiger partial charge is 0.355 e. The van der Waals surface area contributed by atoms with Crippen LogP contribution in [0.2, 0.25) is 0 Å². The lowest BCUT2D eigenvalue weighted by Gasteiger charge is -2.56. The highest BCUT2D eigenvalue weighted by atomic mass is 16.2. The first-order valence-electron chi connectivity index (χ1n) is 9.47. The maximum absolute atomic E-state index is 12.3. The van der Waals surface area contributed by atoms with Crippen molar-refractivity contribution in [3.8, 4) is 0 Å². The minimum atomic E-state index is -0.0653. The lowest BCUT2D eigenvalue weighted by Crippen LogP contribution is -2.48. The molecule has 0 aromatic heterocycles. The normalized spacial score (nSPS) is 34.7. The van der Waals surface area contributed by atoms with Gasteiger partial charge in [0.05, 0.1) is 6.54 Å². The molecule has 0 atom stereocenters. The average molecular weight is 320 g/mol. The van der Waals surface area contributed by atoms with Crippen molar-refractivity contribution in [3.05, 3.63) is 0 Å². The van der Waals surface area contributed by atoms with Crippen LogP contribution in [0.4, 0.5) is 0 Å². The van der Waals surface area contributed by atoms with Gasteiger partial charge in [-0.2, -0.15) is 0 Å². The average Bonchev–Trinajstić information content (AvgIpc) is 2.42. The zero-order valence-corrected chi connectivity index (χ0v) is 14.7. The molecule has 4 aliphatic carbocycles. The van der Waals surface area contributed by atoms with E-state index in [0.717, 1.165) is 24.2 Å². The van der Waals surface area contributed by atoms with E-state index in [1.54, 1.807) is 0 Å². The molecule has 4 rings (SSSR count). The maximum Gasteiger partial charge on any atom is 0.239 e. The Morgan fingerprint density at radius 2 is 1.52 bits per heavy atom. The van der Waals surface area contributed by atoms with Crippen LogP contribution in [0.3, 0.4) is 0 Å². The van der Waals surface area contributed by atoms with Crippen LogP contribution in [0.25, 0.3) is 0 Å². The Morgan fingerprint density at radius 1 is 0.957 bits per heavy atom. The predicted octanol–water partition coefficient (Wildman–Crippen LogP) is 2.87. The third-order valence-electron chi connectivity index (χ3n) is 6.19. The molecule has 23 heavy (non-hydrogen) atoms. The zero-order chi connectivity index (χ0) is 16.4. The molecule has 4 bridgehead atoms. The van der Waals surface area contributed by atoms with Crippen molar-refractivity contribution in [3.63, 3.8) is 0 Å². The van der Waals surface area contributed by atoms with Gasteiger partial charge >= 0.3 is 0 Å². The summed E-state index contributed by atoms with van der Waals surface area (Å²) in [6.45, 7) is 5.10. The molecule has 2 amide bonds. The monoisotopic (exact) mass is 320 g/mol. The zero-order valence-electron chi connectivity index (χ0n) is 14.7. The molecule has 0 saturated heterocycles. The van der Waals surface area contributed by atoms with Crippen molar-refractivity contribution in [2.75, 3.05) is 13.1 Å². The van der Waals surface area contributed by atoms with Crippen LogP contribution in [0.5, 0.6) is 0 Å². The Hall–Kier alpha value is -1.06. The van der Waals surface area contributed by atoms with Gasteiger partial charge in [-0.15, -0.1) is 0 Å². The van der Waals surface area contributed by atoms with Crippen LogP contribution < -0.4 is 10.6 Å². The van der Waals surface area contributed by atoms with Gasteiger partial charge in [0.2, 0.25) is 11.8 Å². The van der Waals surface area contributed by atoms with E-state index in [0.29, 0.717) is 18.9 Å². The fraction of sp³-hybridized carbons (Fsp3) is 0.895. The summed E-state index contributed by atoms with van der Waals surface area (Å²) >= 11 is 0. The van der Waals surface area contributed by atoms with Crippen molar-refractivity contribution in [1.29, 1.82) is 0 Å². The number of nitrogens with one attached hydrogen (secondary N) is 2. The lowest BCUT2D eigenvalue weighted by molar-refractivity contribution is -0.131. The Morgan fingerprint density at radius 3 is 2.04 bits per heavy atom. The minimum absolute atomic E-state index is 0.0653. The van der Waals surface area contributed by atoms with E-state index in [1.165, 1.54) is 38.5 Å². The van der Waals surface area contributed by atoms with E-state index in [4.69, 9.17) is 0 Å². The van der Waals surface area contributed by atoms with Crippen LogP contribution in [0, 0.1) is 29.1 Å². The molecular formula is C19H32N2O2. The molecule has 130 valence electrons. The molecule has 2 N–H and O–H groups in total. The fourth-order valence-electron chi connectivity index (χ4n) is 5.65. The van der Waals surface area contributed by atoms with Crippen LogP contribution in [0.15, 0.2) is 0 Å². The summed E-state index contributed by atoms with van der Waals surface area (Å²) in [5.41, 5.74) is 0.257. The summed E-state index contributed by atoms with van der Waals surface area (Å²) in [5.74, 6) is 3.20. The molecule has 0 unspecified atom stereocenters. The van der Waals surface area contributed by atoms with Gasteiger partial charge in [0, 0.05) is 13.0 Å². The number of amides is 2. The molecule has 4 fully saturated rings. The molecule has 0 radical (unpaired) electrons. The van der Waals surface area contributed by atoms with Gasteiger partial charge in [0.1, 0.15) is 0 Å². The van der Waals surface area contributed by atoms with Gasteiger partial charge in [0.15, 0.2) is 0 Å². The number of hydrogen-bond acceptors (Lipinski definition) is 2. The molecular weight excluding hydrogens is 288 g/mol. The third kappa shape index (κ3) is 4.27. The summed E-state index contributed by atoms with van der Waals surface area (Å²) in [6, 6.07) is 0. The fourth-order valence-corrected chi connectivity index (χ4v) is 5.65. The first-order valence-corrected chi connectivity index (χ1v) is 9.47. The molecule has 0 heterocycles. The van der Waals surface area contributed by atoms with Crippen molar-refractivity contribution < 1.29 is 9.59 Å². The Balaban J connectivity index is 1.40. The number of carbonyl (C=O) groups is 2. The smallest absolute Gasteiger partial charge is 0.239 e. The molecule has 4 heteroatoms. The predicted molar refractivity (Wildman–Crippen MR) is 90.7 cm³/mol. The molecule has 4 aliphatic rings. The molecule has 0 aromatic carbocycles. The SMILES string of the molecule is CC(C)CCNC(=O)CNC(=O)CC12CC3CC(CC(C3)C1)C2. The van der Waals surface area contributed by atoms with E-state index in [-0.39, 0.29) is 23.8 Å². The first-order chi connectivity index (χ1) is 10.9. The number of carbonyl (C=O) groups excluding carboxylic acids is 2. The second-order valence-electron chi connectivity index (χ2n) is 8.90. The van der Waals surface area contributed by atoms with Gasteiger partial charge in [-0.3, -0.25) is 9.59 Å². The van der Waals surface area contributed by atoms with Crippen LogP contribution in [-0.2, 0) is 9.59 Å². The highest BCUT2D eigenvalue weighted by Gasteiger charge is 2.51. The first kappa shape index (κ1) is 16.8. The summed E-state index contributed by atoms with van der Waals surface area (Å²) in [5, 5.41) is 5.72. The highest BCUT2D eigenvalue weighted by Crippen LogP contribution is 2.61.